The van der Waals surface area contributed by atoms with Gasteiger partial charge in [0.05, 0.1) is 6.54 Å². The van der Waals surface area contributed by atoms with Crippen molar-refractivity contribution >= 4 is 5.82 Å². The molecule has 0 bridgehead atoms. The van der Waals surface area contributed by atoms with Gasteiger partial charge in [-0.3, -0.25) is 0 Å². The van der Waals surface area contributed by atoms with Crippen molar-refractivity contribution in [2.24, 2.45) is 0 Å². The van der Waals surface area contributed by atoms with E-state index in [1.807, 2.05) is 57.2 Å². The van der Waals surface area contributed by atoms with Gasteiger partial charge in [0.15, 0.2) is 0 Å². The number of rotatable bonds is 5. The van der Waals surface area contributed by atoms with Crippen LogP contribution < -0.4 is 10.1 Å². The standard InChI is InChI=1S/C15H19N3O/c1-11-9-15(18-13(3)17-11)16-10-12(2)19-14-7-5-4-6-8-14/h4-9,12H,10H2,1-3H3,(H,16,17,18). The van der Waals surface area contributed by atoms with Crippen molar-refractivity contribution in [3.63, 3.8) is 0 Å². The Kier molecular flexibility index (Phi) is 4.34. The third-order valence-corrected chi connectivity index (χ3v) is 2.62. The molecule has 2 aromatic rings. The second-order valence-corrected chi connectivity index (χ2v) is 4.56. The highest BCUT2D eigenvalue weighted by Crippen LogP contribution is 2.11. The van der Waals surface area contributed by atoms with E-state index in [-0.39, 0.29) is 6.10 Å². The Morgan fingerprint density at radius 1 is 1.16 bits per heavy atom. The van der Waals surface area contributed by atoms with E-state index in [9.17, 15) is 0 Å². The molecular weight excluding hydrogens is 238 g/mol. The number of benzene rings is 1. The summed E-state index contributed by atoms with van der Waals surface area (Å²) in [5.41, 5.74) is 0.964. The Labute approximate surface area is 113 Å². The zero-order valence-electron chi connectivity index (χ0n) is 11.6. The van der Waals surface area contributed by atoms with E-state index in [0.717, 1.165) is 23.1 Å². The second-order valence-electron chi connectivity index (χ2n) is 4.56. The van der Waals surface area contributed by atoms with Gasteiger partial charge in [0.1, 0.15) is 23.5 Å². The van der Waals surface area contributed by atoms with Gasteiger partial charge < -0.3 is 10.1 Å². The van der Waals surface area contributed by atoms with E-state index in [2.05, 4.69) is 15.3 Å². The maximum absolute atomic E-state index is 5.79. The molecule has 1 atom stereocenters. The number of ether oxygens (including phenoxy) is 1. The monoisotopic (exact) mass is 257 g/mol. The van der Waals surface area contributed by atoms with E-state index in [0.29, 0.717) is 6.54 Å². The number of nitrogens with one attached hydrogen (secondary N) is 1. The quantitative estimate of drug-likeness (QED) is 0.894. The van der Waals surface area contributed by atoms with E-state index in [1.54, 1.807) is 0 Å². The minimum absolute atomic E-state index is 0.0676. The molecule has 100 valence electrons. The molecule has 1 N–H and O–H groups in total. The maximum Gasteiger partial charge on any atom is 0.130 e. The van der Waals surface area contributed by atoms with Crippen LogP contribution in [0.1, 0.15) is 18.4 Å². The molecule has 0 aliphatic carbocycles. The summed E-state index contributed by atoms with van der Waals surface area (Å²) in [4.78, 5) is 8.58. The van der Waals surface area contributed by atoms with Crippen LogP contribution in [0.5, 0.6) is 5.75 Å². The first-order valence-corrected chi connectivity index (χ1v) is 6.41. The summed E-state index contributed by atoms with van der Waals surface area (Å²) in [5, 5.41) is 3.27. The van der Waals surface area contributed by atoms with Crippen molar-refractivity contribution in [3.05, 3.63) is 47.9 Å². The van der Waals surface area contributed by atoms with Crippen LogP contribution in [-0.2, 0) is 0 Å². The lowest BCUT2D eigenvalue weighted by molar-refractivity contribution is 0.234. The fraction of sp³-hybridized carbons (Fsp3) is 0.333. The van der Waals surface area contributed by atoms with Gasteiger partial charge >= 0.3 is 0 Å². The molecule has 4 heteroatoms. The number of hydrogen-bond donors (Lipinski definition) is 1. The lowest BCUT2D eigenvalue weighted by Crippen LogP contribution is -2.23. The lowest BCUT2D eigenvalue weighted by Gasteiger charge is -2.16. The highest BCUT2D eigenvalue weighted by atomic mass is 16.5. The first kappa shape index (κ1) is 13.3. The molecule has 0 saturated carbocycles. The summed E-state index contributed by atoms with van der Waals surface area (Å²) in [6.07, 6.45) is 0.0676. The fourth-order valence-corrected chi connectivity index (χ4v) is 1.83. The number of aryl methyl sites for hydroxylation is 2. The molecule has 2 rings (SSSR count). The molecular formula is C15H19N3O. The van der Waals surface area contributed by atoms with Crippen molar-refractivity contribution in [2.75, 3.05) is 11.9 Å². The summed E-state index contributed by atoms with van der Waals surface area (Å²) < 4.78 is 5.79. The number of para-hydroxylation sites is 1. The zero-order valence-corrected chi connectivity index (χ0v) is 11.6. The van der Waals surface area contributed by atoms with Crippen LogP contribution in [0.4, 0.5) is 5.82 Å². The van der Waals surface area contributed by atoms with Crippen LogP contribution >= 0.6 is 0 Å². The van der Waals surface area contributed by atoms with Crippen LogP contribution in [-0.4, -0.2) is 22.6 Å². The Balaban J connectivity index is 1.88. The molecule has 19 heavy (non-hydrogen) atoms. The molecule has 1 aromatic carbocycles. The van der Waals surface area contributed by atoms with Crippen LogP contribution in [0.3, 0.4) is 0 Å². The van der Waals surface area contributed by atoms with Gasteiger partial charge in [0.2, 0.25) is 0 Å². The van der Waals surface area contributed by atoms with Gasteiger partial charge in [-0.1, -0.05) is 18.2 Å². The molecule has 0 amide bonds. The summed E-state index contributed by atoms with van der Waals surface area (Å²) >= 11 is 0. The molecule has 0 aliphatic heterocycles. The van der Waals surface area contributed by atoms with E-state index >= 15 is 0 Å². The highest BCUT2D eigenvalue weighted by Gasteiger charge is 2.05. The maximum atomic E-state index is 5.79. The second kappa shape index (κ2) is 6.18. The van der Waals surface area contributed by atoms with Crippen LogP contribution in [0.15, 0.2) is 36.4 Å². The SMILES string of the molecule is Cc1cc(NCC(C)Oc2ccccc2)nc(C)n1. The Bertz CT molecular complexity index is 508. The molecule has 1 heterocycles. The number of aromatic nitrogens is 2. The molecule has 1 aromatic heterocycles. The number of anilines is 1. The average Bonchev–Trinajstić information content (AvgIpc) is 2.36. The highest BCUT2D eigenvalue weighted by molar-refractivity contribution is 5.35. The van der Waals surface area contributed by atoms with Crippen LogP contribution in [0.25, 0.3) is 0 Å². The minimum Gasteiger partial charge on any atom is -0.489 e. The van der Waals surface area contributed by atoms with Crippen molar-refractivity contribution in [2.45, 2.75) is 26.9 Å². The largest absolute Gasteiger partial charge is 0.489 e. The lowest BCUT2D eigenvalue weighted by atomic mass is 10.3. The number of hydrogen-bond acceptors (Lipinski definition) is 4. The molecule has 0 radical (unpaired) electrons. The molecule has 0 spiro atoms. The van der Waals surface area contributed by atoms with Gasteiger partial charge in [-0.25, -0.2) is 9.97 Å². The predicted molar refractivity (Wildman–Crippen MR) is 76.5 cm³/mol. The third-order valence-electron chi connectivity index (χ3n) is 2.62. The third kappa shape index (κ3) is 4.25. The first-order valence-electron chi connectivity index (χ1n) is 6.41. The molecule has 0 aliphatic rings. The Morgan fingerprint density at radius 3 is 2.58 bits per heavy atom. The zero-order chi connectivity index (χ0) is 13.7. The van der Waals surface area contributed by atoms with E-state index in [1.165, 1.54) is 0 Å². The van der Waals surface area contributed by atoms with Gasteiger partial charge in [-0.05, 0) is 32.9 Å². The topological polar surface area (TPSA) is 47.0 Å². The predicted octanol–water partition coefficient (Wildman–Crippen LogP) is 2.97. The van der Waals surface area contributed by atoms with E-state index < -0.39 is 0 Å². The van der Waals surface area contributed by atoms with Crippen LogP contribution in [0.2, 0.25) is 0 Å². The molecule has 0 fully saturated rings. The summed E-state index contributed by atoms with van der Waals surface area (Å²) in [6.45, 7) is 6.58. The Hall–Kier alpha value is -2.10. The molecule has 0 saturated heterocycles. The van der Waals surface area contributed by atoms with Crippen molar-refractivity contribution < 1.29 is 4.74 Å². The minimum atomic E-state index is 0.0676. The fourth-order valence-electron chi connectivity index (χ4n) is 1.83. The molecule has 4 nitrogen and oxygen atoms in total. The van der Waals surface area contributed by atoms with Gasteiger partial charge in [0.25, 0.3) is 0 Å². The van der Waals surface area contributed by atoms with Crippen LogP contribution in [0, 0.1) is 13.8 Å². The van der Waals surface area contributed by atoms with Crippen molar-refractivity contribution in [1.82, 2.24) is 9.97 Å². The average molecular weight is 257 g/mol. The Morgan fingerprint density at radius 2 is 1.89 bits per heavy atom. The van der Waals surface area contributed by atoms with E-state index in [4.69, 9.17) is 4.74 Å². The summed E-state index contributed by atoms with van der Waals surface area (Å²) in [7, 11) is 0. The molecule has 1 unspecified atom stereocenters. The summed E-state index contributed by atoms with van der Waals surface area (Å²) in [6, 6.07) is 11.7. The van der Waals surface area contributed by atoms with Gasteiger partial charge in [-0.2, -0.15) is 0 Å². The van der Waals surface area contributed by atoms with Crippen molar-refractivity contribution in [3.8, 4) is 5.75 Å². The smallest absolute Gasteiger partial charge is 0.130 e. The van der Waals surface area contributed by atoms with Gasteiger partial charge in [0, 0.05) is 11.8 Å². The van der Waals surface area contributed by atoms with Gasteiger partial charge in [-0.15, -0.1) is 0 Å². The number of nitrogens with zero attached hydrogens (tertiary/aromatic N) is 2. The van der Waals surface area contributed by atoms with Crippen molar-refractivity contribution in [1.29, 1.82) is 0 Å². The normalized spacial score (nSPS) is 11.9. The first-order chi connectivity index (χ1) is 9.13. The summed E-state index contributed by atoms with van der Waals surface area (Å²) in [5.74, 6) is 2.50.